The molecule has 8 heteroatoms. The molecule has 0 aliphatic carbocycles. The highest BCUT2D eigenvalue weighted by Crippen LogP contribution is 2.36. The van der Waals surface area contributed by atoms with E-state index < -0.39 is 24.0 Å². The van der Waals surface area contributed by atoms with Gasteiger partial charge in [-0.2, -0.15) is 0 Å². The largest absolute Gasteiger partial charge is 0.493 e. The van der Waals surface area contributed by atoms with Gasteiger partial charge in [0, 0.05) is 5.70 Å². The molecular formula is C22H23FN2O5. The highest BCUT2D eigenvalue weighted by molar-refractivity contribution is 5.85. The summed E-state index contributed by atoms with van der Waals surface area (Å²) in [5.41, 5.74) is 1.69. The van der Waals surface area contributed by atoms with Crippen LogP contribution in [0.25, 0.3) is 0 Å². The van der Waals surface area contributed by atoms with Gasteiger partial charge in [-0.3, -0.25) is 4.79 Å². The number of hydrogen-bond acceptors (Lipinski definition) is 5. The number of rotatable bonds is 7. The van der Waals surface area contributed by atoms with E-state index in [2.05, 4.69) is 17.2 Å². The summed E-state index contributed by atoms with van der Waals surface area (Å²) in [6, 6.07) is 9.98. The number of halogens is 1. The molecule has 0 saturated carbocycles. The molecule has 1 saturated heterocycles. The van der Waals surface area contributed by atoms with Gasteiger partial charge in [-0.1, -0.05) is 24.8 Å². The minimum absolute atomic E-state index is 0.211. The molecule has 2 atom stereocenters. The average Bonchev–Trinajstić information content (AvgIpc) is 2.72. The SMILES string of the molecule is C=C1NC(=O)N[C@H](c2ccc(OCc3ccc(F)cc3)c(OC)c2)[C@H]1C(=O)OCC. The maximum atomic E-state index is 13.0. The van der Waals surface area contributed by atoms with E-state index in [0.717, 1.165) is 5.56 Å². The second kappa shape index (κ2) is 9.30. The molecule has 2 aromatic carbocycles. The lowest BCUT2D eigenvalue weighted by molar-refractivity contribution is -0.147. The number of methoxy groups -OCH3 is 1. The minimum Gasteiger partial charge on any atom is -0.493 e. The third-order valence-electron chi connectivity index (χ3n) is 4.66. The first kappa shape index (κ1) is 21.2. The van der Waals surface area contributed by atoms with E-state index in [-0.39, 0.29) is 24.7 Å². The van der Waals surface area contributed by atoms with Crippen molar-refractivity contribution < 1.29 is 28.2 Å². The Balaban J connectivity index is 1.84. The minimum atomic E-state index is -0.793. The average molecular weight is 414 g/mol. The Bertz CT molecular complexity index is 945. The molecule has 1 aliphatic heterocycles. The maximum absolute atomic E-state index is 13.0. The monoisotopic (exact) mass is 414 g/mol. The molecule has 0 radical (unpaired) electrons. The molecule has 1 aliphatic rings. The van der Waals surface area contributed by atoms with Crippen molar-refractivity contribution in [2.24, 2.45) is 5.92 Å². The lowest BCUT2D eigenvalue weighted by Crippen LogP contribution is -2.51. The van der Waals surface area contributed by atoms with Gasteiger partial charge in [-0.05, 0) is 42.3 Å². The van der Waals surface area contributed by atoms with Gasteiger partial charge >= 0.3 is 12.0 Å². The van der Waals surface area contributed by atoms with Gasteiger partial charge in [-0.15, -0.1) is 0 Å². The van der Waals surface area contributed by atoms with E-state index in [1.807, 2.05) is 0 Å². The predicted molar refractivity (Wildman–Crippen MR) is 107 cm³/mol. The normalized spacial score (nSPS) is 18.2. The van der Waals surface area contributed by atoms with Crippen LogP contribution in [0.3, 0.4) is 0 Å². The first-order valence-electron chi connectivity index (χ1n) is 9.41. The van der Waals surface area contributed by atoms with E-state index in [0.29, 0.717) is 17.1 Å². The molecule has 0 aromatic heterocycles. The highest BCUT2D eigenvalue weighted by Gasteiger charge is 2.39. The van der Waals surface area contributed by atoms with Crippen LogP contribution in [-0.2, 0) is 16.1 Å². The number of benzene rings is 2. The van der Waals surface area contributed by atoms with Crippen molar-refractivity contribution in [3.8, 4) is 11.5 Å². The number of esters is 1. The lowest BCUT2D eigenvalue weighted by Gasteiger charge is -2.33. The molecule has 2 amide bonds. The Kier molecular flexibility index (Phi) is 6.56. The van der Waals surface area contributed by atoms with Crippen LogP contribution in [0.2, 0.25) is 0 Å². The quantitative estimate of drug-likeness (QED) is 0.678. The molecule has 7 nitrogen and oxygen atoms in total. The fraction of sp³-hybridized carbons (Fsp3) is 0.273. The molecule has 1 fully saturated rings. The van der Waals surface area contributed by atoms with Crippen molar-refractivity contribution in [2.45, 2.75) is 19.6 Å². The van der Waals surface area contributed by atoms with Crippen LogP contribution in [-0.4, -0.2) is 25.7 Å². The van der Waals surface area contributed by atoms with Crippen LogP contribution >= 0.6 is 0 Å². The number of nitrogens with one attached hydrogen (secondary N) is 2. The molecule has 158 valence electrons. The maximum Gasteiger partial charge on any atom is 0.319 e. The van der Waals surface area contributed by atoms with Crippen molar-refractivity contribution in [2.75, 3.05) is 13.7 Å². The fourth-order valence-electron chi connectivity index (χ4n) is 3.21. The third kappa shape index (κ3) is 4.71. The second-order valence-corrected chi connectivity index (χ2v) is 6.66. The number of ether oxygens (including phenoxy) is 3. The van der Waals surface area contributed by atoms with E-state index in [9.17, 15) is 14.0 Å². The van der Waals surface area contributed by atoms with Crippen molar-refractivity contribution in [3.05, 3.63) is 71.7 Å². The van der Waals surface area contributed by atoms with Crippen LogP contribution in [0.1, 0.15) is 24.1 Å². The Morgan fingerprint density at radius 1 is 1.17 bits per heavy atom. The summed E-state index contributed by atoms with van der Waals surface area (Å²) in [7, 11) is 1.49. The molecule has 3 rings (SSSR count). The molecule has 0 spiro atoms. The smallest absolute Gasteiger partial charge is 0.319 e. The fourth-order valence-corrected chi connectivity index (χ4v) is 3.21. The molecule has 2 N–H and O–H groups in total. The summed E-state index contributed by atoms with van der Waals surface area (Å²) in [4.78, 5) is 24.4. The molecule has 0 bridgehead atoms. The number of amides is 2. The molecule has 30 heavy (non-hydrogen) atoms. The second-order valence-electron chi connectivity index (χ2n) is 6.66. The zero-order valence-corrected chi connectivity index (χ0v) is 16.7. The van der Waals surface area contributed by atoms with Gasteiger partial charge in [0.2, 0.25) is 0 Å². The van der Waals surface area contributed by atoms with Gasteiger partial charge in [0.25, 0.3) is 0 Å². The molecular weight excluding hydrogens is 391 g/mol. The number of carbonyl (C=O) groups excluding carboxylic acids is 2. The Morgan fingerprint density at radius 2 is 1.90 bits per heavy atom. The summed E-state index contributed by atoms with van der Waals surface area (Å²) < 4.78 is 29.4. The summed E-state index contributed by atoms with van der Waals surface area (Å²) in [6.07, 6.45) is 0. The predicted octanol–water partition coefficient (Wildman–Crippen LogP) is 3.46. The van der Waals surface area contributed by atoms with Crippen molar-refractivity contribution in [1.29, 1.82) is 0 Å². The van der Waals surface area contributed by atoms with Crippen molar-refractivity contribution >= 4 is 12.0 Å². The van der Waals surface area contributed by atoms with Gasteiger partial charge < -0.3 is 24.8 Å². The van der Waals surface area contributed by atoms with Crippen LogP contribution in [0.4, 0.5) is 9.18 Å². The van der Waals surface area contributed by atoms with Gasteiger partial charge in [0.05, 0.1) is 19.8 Å². The van der Waals surface area contributed by atoms with Crippen LogP contribution < -0.4 is 20.1 Å². The van der Waals surface area contributed by atoms with Gasteiger partial charge in [0.1, 0.15) is 18.3 Å². The summed E-state index contributed by atoms with van der Waals surface area (Å²) >= 11 is 0. The summed E-state index contributed by atoms with van der Waals surface area (Å²) in [6.45, 7) is 5.94. The van der Waals surface area contributed by atoms with Crippen molar-refractivity contribution in [3.63, 3.8) is 0 Å². The zero-order valence-electron chi connectivity index (χ0n) is 16.7. The number of carbonyl (C=O) groups is 2. The van der Waals surface area contributed by atoms with E-state index in [1.54, 1.807) is 37.3 Å². The first-order chi connectivity index (χ1) is 14.4. The Morgan fingerprint density at radius 3 is 2.57 bits per heavy atom. The standard InChI is InChI=1S/C22H23FN2O5/c1-4-29-21(26)19-13(2)24-22(27)25-20(19)15-7-10-17(18(11-15)28-3)30-12-14-5-8-16(23)9-6-14/h5-11,19-20H,2,4,12H2,1,3H3,(H2,24,25,27)/t19-,20+/m0/s1. The third-order valence-corrected chi connectivity index (χ3v) is 4.66. The molecule has 2 aromatic rings. The van der Waals surface area contributed by atoms with E-state index in [4.69, 9.17) is 14.2 Å². The summed E-state index contributed by atoms with van der Waals surface area (Å²) in [5.74, 6) is -0.704. The topological polar surface area (TPSA) is 85.9 Å². The van der Waals surface area contributed by atoms with Gasteiger partial charge in [0.15, 0.2) is 11.5 Å². The summed E-state index contributed by atoms with van der Waals surface area (Å²) in [5, 5.41) is 5.27. The first-order valence-corrected chi connectivity index (χ1v) is 9.41. The van der Waals surface area contributed by atoms with E-state index in [1.165, 1.54) is 19.2 Å². The Hall–Kier alpha value is -3.55. The number of hydrogen-bond donors (Lipinski definition) is 2. The van der Waals surface area contributed by atoms with Gasteiger partial charge in [-0.25, -0.2) is 9.18 Å². The highest BCUT2D eigenvalue weighted by atomic mass is 19.1. The van der Waals surface area contributed by atoms with Crippen molar-refractivity contribution in [1.82, 2.24) is 10.6 Å². The van der Waals surface area contributed by atoms with Crippen LogP contribution in [0, 0.1) is 11.7 Å². The van der Waals surface area contributed by atoms with E-state index >= 15 is 0 Å². The van der Waals surface area contributed by atoms with Crippen LogP contribution in [0.15, 0.2) is 54.7 Å². The number of urea groups is 1. The lowest BCUT2D eigenvalue weighted by atomic mass is 9.89. The molecule has 0 unspecified atom stereocenters. The van der Waals surface area contributed by atoms with Crippen LogP contribution in [0.5, 0.6) is 11.5 Å². The zero-order chi connectivity index (χ0) is 21.7. The molecule has 1 heterocycles. The Labute approximate surface area is 173 Å².